The van der Waals surface area contributed by atoms with E-state index < -0.39 is 0 Å². The van der Waals surface area contributed by atoms with Crippen LogP contribution in [0, 0.1) is 0 Å². The zero-order chi connectivity index (χ0) is 7.84. The Morgan fingerprint density at radius 3 is 3.27 bits per heavy atom. The molecule has 2 aliphatic heterocycles. The Labute approximate surface area is 65.5 Å². The Kier molecular flexibility index (Phi) is 1.49. The molecule has 2 saturated heterocycles. The minimum atomic E-state index is -0.177. The second kappa shape index (κ2) is 2.37. The van der Waals surface area contributed by atoms with Gasteiger partial charge >= 0.3 is 6.09 Å². The Bertz CT molecular complexity index is 183. The first-order valence-corrected chi connectivity index (χ1v) is 3.93. The number of fused-ring (bicyclic) bond motifs is 1. The van der Waals surface area contributed by atoms with E-state index in [-0.39, 0.29) is 12.2 Å². The van der Waals surface area contributed by atoms with Gasteiger partial charge in [0.2, 0.25) is 0 Å². The molecule has 2 rings (SSSR count). The van der Waals surface area contributed by atoms with Crippen LogP contribution >= 0.6 is 0 Å². The van der Waals surface area contributed by atoms with Gasteiger partial charge in [-0.15, -0.1) is 0 Å². The van der Waals surface area contributed by atoms with Crippen LogP contribution in [0.1, 0.15) is 6.42 Å². The van der Waals surface area contributed by atoms with Crippen molar-refractivity contribution in [2.45, 2.75) is 18.6 Å². The van der Waals surface area contributed by atoms with Gasteiger partial charge in [-0.3, -0.25) is 0 Å². The standard InChI is InChI=1S/C7H12N2O2/c1-9-5-2-3-8-4-6(5)11-7(9)10/h5-6,8H,2-4H2,1H3/t5-,6+/m1/s1. The third-order valence-corrected chi connectivity index (χ3v) is 2.43. The molecule has 0 aromatic heterocycles. The molecule has 0 aromatic carbocycles. The van der Waals surface area contributed by atoms with Gasteiger partial charge in [-0.05, 0) is 13.0 Å². The quantitative estimate of drug-likeness (QED) is 0.528. The molecule has 0 bridgehead atoms. The highest BCUT2D eigenvalue weighted by Crippen LogP contribution is 2.21. The first kappa shape index (κ1) is 6.91. The van der Waals surface area contributed by atoms with Crippen LogP contribution < -0.4 is 5.32 Å². The van der Waals surface area contributed by atoms with Crippen molar-refractivity contribution in [1.29, 1.82) is 0 Å². The van der Waals surface area contributed by atoms with Crippen LogP contribution in [0.2, 0.25) is 0 Å². The lowest BCUT2D eigenvalue weighted by Crippen LogP contribution is -2.46. The molecule has 0 spiro atoms. The number of piperidine rings is 1. The average Bonchev–Trinajstić information content (AvgIpc) is 2.30. The van der Waals surface area contributed by atoms with Gasteiger partial charge in [-0.1, -0.05) is 0 Å². The number of ether oxygens (including phenoxy) is 1. The second-order valence-electron chi connectivity index (χ2n) is 3.09. The Morgan fingerprint density at radius 2 is 2.55 bits per heavy atom. The highest BCUT2D eigenvalue weighted by Gasteiger charge is 2.40. The van der Waals surface area contributed by atoms with E-state index in [4.69, 9.17) is 4.74 Å². The topological polar surface area (TPSA) is 41.6 Å². The predicted octanol–water partition coefficient (Wildman–Crippen LogP) is -0.201. The number of rotatable bonds is 0. The lowest BCUT2D eigenvalue weighted by Gasteiger charge is -2.26. The Hall–Kier alpha value is -0.770. The number of hydrogen-bond donors (Lipinski definition) is 1. The third-order valence-electron chi connectivity index (χ3n) is 2.43. The average molecular weight is 156 g/mol. The molecule has 11 heavy (non-hydrogen) atoms. The molecule has 0 aliphatic carbocycles. The van der Waals surface area contributed by atoms with Crippen LogP contribution in [-0.2, 0) is 4.74 Å². The van der Waals surface area contributed by atoms with Crippen LogP contribution in [0.15, 0.2) is 0 Å². The summed E-state index contributed by atoms with van der Waals surface area (Å²) in [5, 5.41) is 3.19. The molecule has 2 atom stereocenters. The molecule has 1 N–H and O–H groups in total. The van der Waals surface area contributed by atoms with Crippen molar-refractivity contribution in [1.82, 2.24) is 10.2 Å². The second-order valence-corrected chi connectivity index (χ2v) is 3.09. The molecule has 4 heteroatoms. The molecule has 1 amide bonds. The van der Waals surface area contributed by atoms with Gasteiger partial charge < -0.3 is 15.0 Å². The number of carbonyl (C=O) groups excluding carboxylic acids is 1. The molecule has 0 radical (unpaired) electrons. The maximum atomic E-state index is 11.0. The third kappa shape index (κ3) is 0.976. The van der Waals surface area contributed by atoms with Crippen LogP contribution in [0.4, 0.5) is 4.79 Å². The van der Waals surface area contributed by atoms with E-state index in [2.05, 4.69) is 5.32 Å². The summed E-state index contributed by atoms with van der Waals surface area (Å²) in [6.45, 7) is 1.79. The largest absolute Gasteiger partial charge is 0.443 e. The summed E-state index contributed by atoms with van der Waals surface area (Å²) in [6.07, 6.45) is 0.914. The minimum absolute atomic E-state index is 0.0845. The molecule has 2 fully saturated rings. The number of amides is 1. The van der Waals surface area contributed by atoms with Crippen LogP contribution in [0.5, 0.6) is 0 Å². The molecular weight excluding hydrogens is 144 g/mol. The number of nitrogens with zero attached hydrogens (tertiary/aromatic N) is 1. The normalized spacial score (nSPS) is 36.8. The summed E-state index contributed by atoms with van der Waals surface area (Å²) in [7, 11) is 1.80. The number of likely N-dealkylation sites (N-methyl/N-ethyl adjacent to an activating group) is 1. The van der Waals surface area contributed by atoms with E-state index >= 15 is 0 Å². The van der Waals surface area contributed by atoms with Crippen LogP contribution in [0.3, 0.4) is 0 Å². The van der Waals surface area contributed by atoms with Gasteiger partial charge in [-0.2, -0.15) is 0 Å². The van der Waals surface area contributed by atoms with Crippen molar-refractivity contribution in [3.63, 3.8) is 0 Å². The Balaban J connectivity index is 2.11. The van der Waals surface area contributed by atoms with Crippen molar-refractivity contribution in [3.8, 4) is 0 Å². The smallest absolute Gasteiger partial charge is 0.410 e. The lowest BCUT2D eigenvalue weighted by molar-refractivity contribution is 0.121. The fourth-order valence-corrected chi connectivity index (χ4v) is 1.73. The van der Waals surface area contributed by atoms with Gasteiger partial charge in [0, 0.05) is 13.6 Å². The minimum Gasteiger partial charge on any atom is -0.443 e. The van der Waals surface area contributed by atoms with Gasteiger partial charge in [-0.25, -0.2) is 4.79 Å². The number of hydrogen-bond acceptors (Lipinski definition) is 3. The zero-order valence-electron chi connectivity index (χ0n) is 6.54. The molecule has 0 unspecified atom stereocenters. The molecule has 4 nitrogen and oxygen atoms in total. The maximum absolute atomic E-state index is 11.0. The monoisotopic (exact) mass is 156 g/mol. The molecule has 0 saturated carbocycles. The van der Waals surface area contributed by atoms with Crippen molar-refractivity contribution >= 4 is 6.09 Å². The summed E-state index contributed by atoms with van der Waals surface area (Å²) in [5.74, 6) is 0. The highest BCUT2D eigenvalue weighted by atomic mass is 16.6. The van der Waals surface area contributed by atoms with Crippen LogP contribution in [0.25, 0.3) is 0 Å². The molecule has 62 valence electrons. The van der Waals surface area contributed by atoms with Crippen molar-refractivity contribution in [2.24, 2.45) is 0 Å². The van der Waals surface area contributed by atoms with E-state index in [0.29, 0.717) is 6.04 Å². The molecular formula is C7H12N2O2. The number of carbonyl (C=O) groups is 1. The van der Waals surface area contributed by atoms with Crippen molar-refractivity contribution in [2.75, 3.05) is 20.1 Å². The molecule has 2 aliphatic rings. The zero-order valence-corrected chi connectivity index (χ0v) is 6.54. The first-order chi connectivity index (χ1) is 5.29. The summed E-state index contributed by atoms with van der Waals surface area (Å²) in [4.78, 5) is 12.7. The van der Waals surface area contributed by atoms with E-state index in [1.165, 1.54) is 0 Å². The van der Waals surface area contributed by atoms with E-state index in [0.717, 1.165) is 19.5 Å². The van der Waals surface area contributed by atoms with Gasteiger partial charge in [0.05, 0.1) is 6.04 Å². The SMILES string of the molecule is CN1C(=O)O[C@H]2CNCC[C@H]21. The summed E-state index contributed by atoms with van der Waals surface area (Å²) < 4.78 is 5.10. The van der Waals surface area contributed by atoms with Crippen LogP contribution in [-0.4, -0.2) is 43.3 Å². The summed E-state index contributed by atoms with van der Waals surface area (Å²) in [5.41, 5.74) is 0. The number of nitrogens with one attached hydrogen (secondary N) is 1. The Morgan fingerprint density at radius 1 is 1.73 bits per heavy atom. The van der Waals surface area contributed by atoms with Gasteiger partial charge in [0.1, 0.15) is 6.10 Å². The van der Waals surface area contributed by atoms with E-state index in [9.17, 15) is 4.79 Å². The summed E-state index contributed by atoms with van der Waals surface area (Å²) >= 11 is 0. The van der Waals surface area contributed by atoms with Crippen molar-refractivity contribution in [3.05, 3.63) is 0 Å². The van der Waals surface area contributed by atoms with E-state index in [1.807, 2.05) is 0 Å². The summed E-state index contributed by atoms with van der Waals surface area (Å²) in [6, 6.07) is 0.309. The van der Waals surface area contributed by atoms with Gasteiger partial charge in [0.15, 0.2) is 0 Å². The van der Waals surface area contributed by atoms with E-state index in [1.54, 1.807) is 11.9 Å². The molecule has 2 heterocycles. The van der Waals surface area contributed by atoms with Crippen molar-refractivity contribution < 1.29 is 9.53 Å². The lowest BCUT2D eigenvalue weighted by atomic mass is 10.0. The first-order valence-electron chi connectivity index (χ1n) is 3.93. The fourth-order valence-electron chi connectivity index (χ4n) is 1.73. The molecule has 0 aromatic rings. The maximum Gasteiger partial charge on any atom is 0.410 e. The highest BCUT2D eigenvalue weighted by molar-refractivity contribution is 5.70. The fraction of sp³-hybridized carbons (Fsp3) is 0.857. The predicted molar refractivity (Wildman–Crippen MR) is 39.3 cm³/mol. The van der Waals surface area contributed by atoms with Gasteiger partial charge in [0.25, 0.3) is 0 Å².